The van der Waals surface area contributed by atoms with Gasteiger partial charge in [0.2, 0.25) is 0 Å². The van der Waals surface area contributed by atoms with E-state index in [1.807, 2.05) is 6.92 Å². The Labute approximate surface area is 178 Å². The van der Waals surface area contributed by atoms with Crippen LogP contribution in [0.4, 0.5) is 13.2 Å². The Balaban J connectivity index is 2.39. The Morgan fingerprint density at radius 3 is 2.17 bits per heavy atom. The molecule has 3 atom stereocenters. The van der Waals surface area contributed by atoms with Crippen LogP contribution in [0.5, 0.6) is 0 Å². The third kappa shape index (κ3) is 6.16. The van der Waals surface area contributed by atoms with Crippen molar-refractivity contribution in [2.24, 2.45) is 5.92 Å². The molecule has 0 N–H and O–H groups in total. The van der Waals surface area contributed by atoms with Crippen molar-refractivity contribution in [1.29, 1.82) is 0 Å². The topological polar surface area (TPSA) is 37.4 Å². The Kier molecular flexibility index (Phi) is 10.0. The number of nitrogens with zero attached hydrogens (tertiary/aromatic N) is 1. The van der Waals surface area contributed by atoms with E-state index in [4.69, 9.17) is 0 Å². The first-order chi connectivity index (χ1) is 14.4. The molecule has 1 aliphatic rings. The first-order valence-corrected chi connectivity index (χ1v) is 11.3. The molecule has 1 fully saturated rings. The minimum atomic E-state index is -1.30. The molecule has 1 heterocycles. The maximum Gasteiger partial charge on any atom is 0.161 e. The number of halogens is 3. The van der Waals surface area contributed by atoms with Gasteiger partial charge in [0.25, 0.3) is 0 Å². The highest BCUT2D eigenvalue weighted by molar-refractivity contribution is 5.90. The van der Waals surface area contributed by atoms with Crippen molar-refractivity contribution >= 4 is 12.1 Å². The first kappa shape index (κ1) is 24.6. The number of rotatable bonds is 12. The lowest BCUT2D eigenvalue weighted by Crippen LogP contribution is -2.47. The molecule has 0 aliphatic carbocycles. The number of hydrogen-bond donors (Lipinski definition) is 0. The molecule has 0 radical (unpaired) electrons. The number of unbranched alkanes of at least 4 members (excludes halogenated alkanes) is 2. The molecule has 0 bridgehead atoms. The molecule has 1 saturated heterocycles. The van der Waals surface area contributed by atoms with Crippen LogP contribution in [0.25, 0.3) is 0 Å². The van der Waals surface area contributed by atoms with Gasteiger partial charge in [0.05, 0.1) is 12.0 Å². The number of carbonyl (C=O) groups excluding carboxylic acids is 2. The van der Waals surface area contributed by atoms with Gasteiger partial charge in [0.15, 0.2) is 17.4 Å². The van der Waals surface area contributed by atoms with Gasteiger partial charge in [-0.1, -0.05) is 46.0 Å². The molecule has 1 aliphatic heterocycles. The smallest absolute Gasteiger partial charge is 0.161 e. The molecular formula is C24H34F3NO2. The van der Waals surface area contributed by atoms with Gasteiger partial charge in [0, 0.05) is 17.5 Å². The molecule has 0 aromatic heterocycles. The van der Waals surface area contributed by atoms with Gasteiger partial charge in [-0.05, 0) is 44.8 Å². The molecule has 0 saturated carbocycles. The maximum absolute atomic E-state index is 14.5. The first-order valence-electron chi connectivity index (χ1n) is 11.3. The Hall–Kier alpha value is -1.69. The molecule has 1 aromatic carbocycles. The van der Waals surface area contributed by atoms with Crippen LogP contribution in [0, 0.1) is 23.4 Å². The largest absolute Gasteiger partial charge is 0.303 e. The number of ketones is 1. The summed E-state index contributed by atoms with van der Waals surface area (Å²) in [6.07, 6.45) is 8.21. The second-order valence-electron chi connectivity index (χ2n) is 8.36. The highest BCUT2D eigenvalue weighted by Crippen LogP contribution is 2.33. The lowest BCUT2D eigenvalue weighted by atomic mass is 9.77. The van der Waals surface area contributed by atoms with Crippen LogP contribution in [0.15, 0.2) is 12.1 Å². The van der Waals surface area contributed by atoms with E-state index in [9.17, 15) is 22.8 Å². The van der Waals surface area contributed by atoms with Gasteiger partial charge in [-0.25, -0.2) is 13.2 Å². The monoisotopic (exact) mass is 425 g/mol. The minimum Gasteiger partial charge on any atom is -0.303 e. The third-order valence-electron chi connectivity index (χ3n) is 6.20. The SMILES string of the molecule is CCCCC(C(=O)C(CCCC)N1CCCCC1)C(C=O)c1cc(F)c(F)cc1F. The summed E-state index contributed by atoms with van der Waals surface area (Å²) in [6.45, 7) is 5.73. The van der Waals surface area contributed by atoms with E-state index in [-0.39, 0.29) is 17.4 Å². The van der Waals surface area contributed by atoms with Crippen LogP contribution in [0.1, 0.15) is 83.1 Å². The maximum atomic E-state index is 14.5. The number of Topliss-reactive ketones (excluding diaryl/α,β-unsaturated/α-hetero) is 1. The molecule has 2 rings (SSSR count). The lowest BCUT2D eigenvalue weighted by molar-refractivity contribution is -0.131. The molecule has 0 amide bonds. The summed E-state index contributed by atoms with van der Waals surface area (Å²) in [7, 11) is 0. The average Bonchev–Trinajstić information content (AvgIpc) is 2.75. The Morgan fingerprint density at radius 1 is 0.967 bits per heavy atom. The standard InChI is InChI=1S/C24H34F3NO2/c1-3-5-10-17(19(16-29)18-14-21(26)22(27)15-20(18)25)24(30)23(11-6-4-2)28-12-8-7-9-13-28/h14-17,19,23H,3-13H2,1-2H3. The molecule has 3 nitrogen and oxygen atoms in total. The van der Waals surface area contributed by atoms with Crippen molar-refractivity contribution in [3.8, 4) is 0 Å². The fraction of sp³-hybridized carbons (Fsp3) is 0.667. The summed E-state index contributed by atoms with van der Waals surface area (Å²) >= 11 is 0. The van der Waals surface area contributed by atoms with Crippen LogP contribution in [0.3, 0.4) is 0 Å². The summed E-state index contributed by atoms with van der Waals surface area (Å²) in [5.41, 5.74) is -0.230. The molecule has 0 spiro atoms. The van der Waals surface area contributed by atoms with Gasteiger partial charge >= 0.3 is 0 Å². The predicted molar refractivity (Wildman–Crippen MR) is 112 cm³/mol. The van der Waals surface area contributed by atoms with Gasteiger partial charge in [0.1, 0.15) is 12.1 Å². The number of likely N-dealkylation sites (tertiary alicyclic amines) is 1. The van der Waals surface area contributed by atoms with Gasteiger partial charge in [-0.3, -0.25) is 9.69 Å². The van der Waals surface area contributed by atoms with Crippen LogP contribution < -0.4 is 0 Å². The van der Waals surface area contributed by atoms with Crippen molar-refractivity contribution in [2.45, 2.75) is 83.6 Å². The van der Waals surface area contributed by atoms with Crippen molar-refractivity contribution in [3.63, 3.8) is 0 Å². The van der Waals surface area contributed by atoms with Crippen molar-refractivity contribution in [1.82, 2.24) is 4.90 Å². The highest BCUT2D eigenvalue weighted by Gasteiger charge is 2.37. The zero-order valence-electron chi connectivity index (χ0n) is 18.1. The second-order valence-corrected chi connectivity index (χ2v) is 8.36. The van der Waals surface area contributed by atoms with Gasteiger partial charge in [-0.2, -0.15) is 0 Å². The summed E-state index contributed by atoms with van der Waals surface area (Å²) in [5, 5.41) is 0. The molecular weight excluding hydrogens is 391 g/mol. The van der Waals surface area contributed by atoms with E-state index < -0.39 is 29.3 Å². The third-order valence-corrected chi connectivity index (χ3v) is 6.20. The summed E-state index contributed by atoms with van der Waals surface area (Å²) in [6, 6.07) is 0.877. The number of benzene rings is 1. The zero-order chi connectivity index (χ0) is 22.1. The molecule has 6 heteroatoms. The van der Waals surface area contributed by atoms with E-state index in [1.54, 1.807) is 0 Å². The Morgan fingerprint density at radius 2 is 1.57 bits per heavy atom. The summed E-state index contributed by atoms with van der Waals surface area (Å²) in [4.78, 5) is 27.9. The molecule has 168 valence electrons. The lowest BCUT2D eigenvalue weighted by Gasteiger charge is -2.36. The van der Waals surface area contributed by atoms with Crippen molar-refractivity contribution in [2.75, 3.05) is 13.1 Å². The van der Waals surface area contributed by atoms with Crippen molar-refractivity contribution < 1.29 is 22.8 Å². The van der Waals surface area contributed by atoms with E-state index in [0.29, 0.717) is 31.6 Å². The fourth-order valence-corrected chi connectivity index (χ4v) is 4.48. The van der Waals surface area contributed by atoms with E-state index in [1.165, 1.54) is 0 Å². The number of carbonyl (C=O) groups is 2. The van der Waals surface area contributed by atoms with Crippen molar-refractivity contribution in [3.05, 3.63) is 35.1 Å². The average molecular weight is 426 g/mol. The molecule has 3 unspecified atom stereocenters. The predicted octanol–water partition coefficient (Wildman–Crippen LogP) is 5.81. The van der Waals surface area contributed by atoms with E-state index in [2.05, 4.69) is 11.8 Å². The number of hydrogen-bond acceptors (Lipinski definition) is 3. The van der Waals surface area contributed by atoms with Crippen LogP contribution in [-0.2, 0) is 9.59 Å². The van der Waals surface area contributed by atoms with Crippen LogP contribution in [0.2, 0.25) is 0 Å². The van der Waals surface area contributed by atoms with Crippen LogP contribution in [-0.4, -0.2) is 36.1 Å². The number of piperidine rings is 1. The summed E-state index contributed by atoms with van der Waals surface area (Å²) < 4.78 is 41.7. The van der Waals surface area contributed by atoms with Crippen LogP contribution >= 0.6 is 0 Å². The second kappa shape index (κ2) is 12.2. The quantitative estimate of drug-likeness (QED) is 0.313. The highest BCUT2D eigenvalue weighted by atomic mass is 19.2. The normalized spacial score (nSPS) is 18.0. The van der Waals surface area contributed by atoms with Gasteiger partial charge < -0.3 is 4.79 Å². The minimum absolute atomic E-state index is 0.0694. The molecule has 30 heavy (non-hydrogen) atoms. The fourth-order valence-electron chi connectivity index (χ4n) is 4.48. The summed E-state index contributed by atoms with van der Waals surface area (Å²) in [5.74, 6) is -5.42. The van der Waals surface area contributed by atoms with E-state index >= 15 is 0 Å². The Bertz CT molecular complexity index is 704. The zero-order valence-corrected chi connectivity index (χ0v) is 18.1. The molecule has 1 aromatic rings. The van der Waals surface area contributed by atoms with E-state index in [0.717, 1.165) is 57.7 Å². The van der Waals surface area contributed by atoms with Gasteiger partial charge in [-0.15, -0.1) is 0 Å². The number of aldehydes is 1.